The van der Waals surface area contributed by atoms with Gasteiger partial charge in [-0.15, -0.1) is 0 Å². The highest BCUT2D eigenvalue weighted by atomic mass is 16.6. The van der Waals surface area contributed by atoms with Gasteiger partial charge in [0.1, 0.15) is 30.1 Å². The number of carbonyl (C=O) groups is 5. The maximum atomic E-state index is 14.6. The Bertz CT molecular complexity index is 2120. The van der Waals surface area contributed by atoms with Crippen molar-refractivity contribution >= 4 is 29.2 Å². The van der Waals surface area contributed by atoms with Crippen LogP contribution < -0.4 is 0 Å². The lowest BCUT2D eigenvalue weighted by Crippen LogP contribution is -2.61. The summed E-state index contributed by atoms with van der Waals surface area (Å²) in [5, 5.41) is 43.1. The zero-order valence-electron chi connectivity index (χ0n) is 52.4. The van der Waals surface area contributed by atoms with E-state index < -0.39 is 83.9 Å². The molecule has 3 aliphatic heterocycles. The summed E-state index contributed by atoms with van der Waals surface area (Å²) in [6.45, 7) is 17.3. The van der Waals surface area contributed by atoms with Crippen molar-refractivity contribution in [2.24, 2.45) is 35.5 Å². The maximum absolute atomic E-state index is 14.6. The monoisotopic (exact) mass is 1210 g/mol. The Labute approximate surface area is 505 Å². The molecular weight excluding hydrogens is 1100 g/mol. The van der Waals surface area contributed by atoms with E-state index in [1.807, 2.05) is 51.2 Å². The molecular formula is C64H105NO20. The number of allylic oxidation sites excluding steroid dienone is 6. The third kappa shape index (κ3) is 25.0. The first-order chi connectivity index (χ1) is 40.7. The number of hydrogen-bond acceptors (Lipinski definition) is 20. The van der Waals surface area contributed by atoms with E-state index in [9.17, 15) is 39.3 Å². The SMILES string of the molecule is CO[C@@H]1C[C@H](C[C@@H](C)[C@@H]2CC(=O)[C@H](C)/C=C(\C)[C@@H](O)[C@@H](OC)C(=O)[C@H](C)C[C@H](C)/C=C/C=C/C=C(\C)[C@@H](OCCOCCOCCOCCOCCOCCOCCO)C[C@@H]3CC[C@@H](C)[C@@](O)(O3)C(=O)C(=O)N3CCCC[C@H]3C(=O)O2)CC[C@H]1O. The van der Waals surface area contributed by atoms with E-state index in [0.29, 0.717) is 129 Å². The average molecular weight is 1210 g/mol. The number of hydrogen-bond donors (Lipinski definition) is 4. The lowest BCUT2D eigenvalue weighted by Gasteiger charge is -2.43. The molecule has 3 heterocycles. The van der Waals surface area contributed by atoms with Crippen molar-refractivity contribution in [3.8, 4) is 0 Å². The molecule has 3 fully saturated rings. The Kier molecular flexibility index (Phi) is 34.8. The normalized spacial score (nSPS) is 33.7. The van der Waals surface area contributed by atoms with Gasteiger partial charge in [0.05, 0.1) is 117 Å². The Balaban J connectivity index is 1.51. The number of ketones is 3. The summed E-state index contributed by atoms with van der Waals surface area (Å²) in [5.41, 5.74) is 1.19. The number of aliphatic hydroxyl groups is 4. The Morgan fingerprint density at radius 1 is 0.706 bits per heavy atom. The van der Waals surface area contributed by atoms with Crippen LogP contribution >= 0.6 is 0 Å². The molecule has 0 aromatic carbocycles. The topological polar surface area (TPSA) is 271 Å². The number of piperidine rings is 1. The second kappa shape index (κ2) is 40.1. The summed E-state index contributed by atoms with van der Waals surface area (Å²) >= 11 is 0. The first-order valence-electron chi connectivity index (χ1n) is 31.1. The van der Waals surface area contributed by atoms with Gasteiger partial charge in [0.2, 0.25) is 5.79 Å². The number of fused-ring (bicyclic) bond motifs is 3. The van der Waals surface area contributed by atoms with E-state index in [-0.39, 0.29) is 87.7 Å². The van der Waals surface area contributed by atoms with E-state index in [0.717, 1.165) is 5.57 Å². The molecule has 1 aliphatic carbocycles. The Hall–Kier alpha value is -3.65. The fraction of sp³-hybridized carbons (Fsp3) is 0.797. The highest BCUT2D eigenvalue weighted by Gasteiger charge is 2.53. The third-order valence-electron chi connectivity index (χ3n) is 16.8. The number of methoxy groups -OCH3 is 2. The van der Waals surface area contributed by atoms with Gasteiger partial charge in [-0.05, 0) is 107 Å². The second-order valence-corrected chi connectivity index (χ2v) is 23.6. The van der Waals surface area contributed by atoms with Crippen LogP contribution in [0.25, 0.3) is 0 Å². The first kappa shape index (κ1) is 73.8. The molecule has 4 rings (SSSR count). The summed E-state index contributed by atoms with van der Waals surface area (Å²) < 4.78 is 63.4. The number of ether oxygens (including phenoxy) is 11. The van der Waals surface area contributed by atoms with Crippen LogP contribution in [0.3, 0.4) is 0 Å². The molecule has 15 atom stereocenters. The van der Waals surface area contributed by atoms with Gasteiger partial charge in [0, 0.05) is 51.4 Å². The number of aliphatic hydroxyl groups excluding tert-OH is 3. The lowest BCUT2D eigenvalue weighted by molar-refractivity contribution is -0.266. The summed E-state index contributed by atoms with van der Waals surface area (Å²) in [5.74, 6) is -8.41. The number of carbonyl (C=O) groups excluding carboxylic acids is 5. The lowest BCUT2D eigenvalue weighted by atomic mass is 9.78. The van der Waals surface area contributed by atoms with Gasteiger partial charge >= 0.3 is 5.97 Å². The summed E-state index contributed by atoms with van der Waals surface area (Å²) in [6, 6.07) is -1.18. The first-order valence-corrected chi connectivity index (χ1v) is 31.1. The van der Waals surface area contributed by atoms with E-state index in [2.05, 4.69) is 0 Å². The van der Waals surface area contributed by atoms with Gasteiger partial charge < -0.3 is 77.4 Å². The molecule has 1 amide bonds. The van der Waals surface area contributed by atoms with Gasteiger partial charge in [-0.1, -0.05) is 71.1 Å². The minimum absolute atomic E-state index is 0.0177. The van der Waals surface area contributed by atoms with Crippen LogP contribution in [0.1, 0.15) is 126 Å². The summed E-state index contributed by atoms with van der Waals surface area (Å²) in [7, 11) is 2.93. The van der Waals surface area contributed by atoms with E-state index in [4.69, 9.17) is 57.2 Å². The van der Waals surface area contributed by atoms with Crippen molar-refractivity contribution in [2.75, 3.05) is 113 Å². The van der Waals surface area contributed by atoms with Crippen molar-refractivity contribution in [3.63, 3.8) is 0 Å². The minimum Gasteiger partial charge on any atom is -0.460 e. The average Bonchev–Trinajstić information content (AvgIpc) is 3.66. The van der Waals surface area contributed by atoms with E-state index in [1.54, 1.807) is 40.9 Å². The molecule has 0 aromatic heterocycles. The molecule has 0 aromatic rings. The highest BCUT2D eigenvalue weighted by molar-refractivity contribution is 6.39. The Morgan fingerprint density at radius 2 is 1.32 bits per heavy atom. The molecule has 0 unspecified atom stereocenters. The fourth-order valence-electron chi connectivity index (χ4n) is 11.5. The Morgan fingerprint density at radius 3 is 1.92 bits per heavy atom. The predicted molar refractivity (Wildman–Crippen MR) is 316 cm³/mol. The van der Waals surface area contributed by atoms with E-state index >= 15 is 0 Å². The molecule has 1 saturated carbocycles. The minimum atomic E-state index is -2.51. The highest BCUT2D eigenvalue weighted by Crippen LogP contribution is 2.38. The van der Waals surface area contributed by atoms with Crippen LogP contribution in [0.15, 0.2) is 47.6 Å². The van der Waals surface area contributed by atoms with Crippen LogP contribution in [0.2, 0.25) is 0 Å². The largest absolute Gasteiger partial charge is 0.460 e. The van der Waals surface area contributed by atoms with Crippen LogP contribution in [-0.2, 0) is 76.1 Å². The molecule has 0 radical (unpaired) electrons. The van der Waals surface area contributed by atoms with Crippen LogP contribution in [0.5, 0.6) is 0 Å². The van der Waals surface area contributed by atoms with E-state index in [1.165, 1.54) is 12.0 Å². The van der Waals surface area contributed by atoms with Gasteiger partial charge in [-0.25, -0.2) is 4.79 Å². The molecule has 2 saturated heterocycles. The van der Waals surface area contributed by atoms with Crippen molar-refractivity contribution in [2.45, 2.75) is 180 Å². The van der Waals surface area contributed by atoms with Gasteiger partial charge in [-0.2, -0.15) is 0 Å². The molecule has 486 valence electrons. The smallest absolute Gasteiger partial charge is 0.329 e. The molecule has 21 nitrogen and oxygen atoms in total. The number of nitrogens with zero attached hydrogens (tertiary/aromatic N) is 1. The van der Waals surface area contributed by atoms with Gasteiger partial charge in [0.15, 0.2) is 5.78 Å². The van der Waals surface area contributed by atoms with Crippen molar-refractivity contribution in [1.29, 1.82) is 0 Å². The zero-order valence-corrected chi connectivity index (χ0v) is 52.4. The van der Waals surface area contributed by atoms with Crippen molar-refractivity contribution in [1.82, 2.24) is 4.90 Å². The molecule has 21 heteroatoms. The third-order valence-corrected chi connectivity index (χ3v) is 16.8. The number of Topliss-reactive ketones (excluding diaryl/α,β-unsaturated/α-hetero) is 3. The molecule has 0 spiro atoms. The number of esters is 1. The van der Waals surface area contributed by atoms with Crippen molar-refractivity contribution < 1.29 is 96.5 Å². The quantitative estimate of drug-likeness (QED) is 0.0353. The predicted octanol–water partition coefficient (Wildman–Crippen LogP) is 5.64. The molecule has 85 heavy (non-hydrogen) atoms. The number of amides is 1. The molecule has 2 bridgehead atoms. The van der Waals surface area contributed by atoms with Crippen molar-refractivity contribution in [3.05, 3.63) is 47.6 Å². The number of rotatable bonds is 26. The standard InChI is InChI=1S/C64H105NO20/c1-43-15-11-10-12-16-44(2)55(83-36-35-82-34-33-81-32-31-80-30-29-79-28-27-78-26-25-77-24-23-66)41-51-20-18-49(7)64(74,85-51)61(71)62(72)65-22-14-13-17-52(65)63(73)84-56(46(4)39-50-19-21-53(67)57(40-50)75-8)42-54(68)45(3)38-48(6)59(70)60(76-9)58(69)47(5)37-43/h10-12,15-16,38,43,45-47,49-53,55-57,59-60,66-67,70,74H,13-14,17-37,39-42H2,1-9H3/b12-10+,15-11+,44-16+,48-38+/t43-,45-,46-,47-,49-,50+,51+,52+,53-,55+,56+,57-,59-,60+,64-/m1/s1. The number of cyclic esters (lactones) is 1. The van der Waals surface area contributed by atoms with Gasteiger partial charge in [-0.3, -0.25) is 19.2 Å². The molecule has 4 N–H and O–H groups in total. The zero-order chi connectivity index (χ0) is 62.3. The molecule has 4 aliphatic rings. The van der Waals surface area contributed by atoms with Crippen LogP contribution in [0.4, 0.5) is 0 Å². The van der Waals surface area contributed by atoms with Gasteiger partial charge in [0.25, 0.3) is 11.7 Å². The second-order valence-electron chi connectivity index (χ2n) is 23.6. The summed E-state index contributed by atoms with van der Waals surface area (Å²) in [6.07, 6.45) is 10.3. The van der Waals surface area contributed by atoms with Crippen LogP contribution in [0, 0.1) is 35.5 Å². The fourth-order valence-corrected chi connectivity index (χ4v) is 11.5. The van der Waals surface area contributed by atoms with Crippen LogP contribution in [-0.4, -0.2) is 222 Å². The summed E-state index contributed by atoms with van der Waals surface area (Å²) in [4.78, 5) is 73.0. The maximum Gasteiger partial charge on any atom is 0.329 e.